The van der Waals surface area contributed by atoms with E-state index in [1.807, 2.05) is 0 Å². The maximum atomic E-state index is 12.8. The summed E-state index contributed by atoms with van der Waals surface area (Å²) >= 11 is 0. The van der Waals surface area contributed by atoms with E-state index in [-0.39, 0.29) is 29.2 Å². The molecule has 2 aromatic rings. The zero-order valence-electron chi connectivity index (χ0n) is 20.9. The molecule has 0 bridgehead atoms. The van der Waals surface area contributed by atoms with Crippen LogP contribution in [0.4, 0.5) is 0 Å². The fraction of sp³-hybridized carbons (Fsp3) is 0.500. The van der Waals surface area contributed by atoms with E-state index >= 15 is 0 Å². The average Bonchev–Trinajstić information content (AvgIpc) is 3.21. The third-order valence-electron chi connectivity index (χ3n) is 7.16. The minimum Gasteiger partial charge on any atom is -0.508 e. The van der Waals surface area contributed by atoms with E-state index < -0.39 is 86.2 Å². The molecule has 0 amide bonds. The van der Waals surface area contributed by atoms with Crippen LogP contribution >= 0.6 is 0 Å². The zero-order chi connectivity index (χ0) is 28.8. The first-order valence-corrected chi connectivity index (χ1v) is 12.5. The Morgan fingerprint density at radius 2 is 1.70 bits per heavy atom. The summed E-state index contributed by atoms with van der Waals surface area (Å²) in [6, 6.07) is 8.50. The van der Waals surface area contributed by atoms with Gasteiger partial charge in [0.15, 0.2) is 12.1 Å². The predicted octanol–water partition coefficient (Wildman–Crippen LogP) is -1.55. The van der Waals surface area contributed by atoms with Crippen LogP contribution in [0.2, 0.25) is 0 Å². The van der Waals surface area contributed by atoms with Gasteiger partial charge in [-0.15, -0.1) is 0 Å². The molecule has 2 saturated heterocycles. The average molecular weight is 567 g/mol. The van der Waals surface area contributed by atoms with E-state index in [1.54, 1.807) is 12.1 Å². The van der Waals surface area contributed by atoms with Gasteiger partial charge in [0.1, 0.15) is 70.8 Å². The van der Waals surface area contributed by atoms with Gasteiger partial charge in [-0.1, -0.05) is 12.1 Å². The molecule has 0 unspecified atom stereocenters. The molecule has 2 fully saturated rings. The van der Waals surface area contributed by atoms with Crippen LogP contribution in [0.25, 0.3) is 0 Å². The van der Waals surface area contributed by atoms with E-state index in [2.05, 4.69) is 0 Å². The molecule has 0 radical (unpaired) electrons. The Kier molecular flexibility index (Phi) is 7.89. The molecule has 0 spiro atoms. The van der Waals surface area contributed by atoms with Gasteiger partial charge in [0.2, 0.25) is 6.29 Å². The number of aliphatic hydroxyl groups excluding tert-OH is 5. The van der Waals surface area contributed by atoms with Crippen molar-refractivity contribution in [2.45, 2.75) is 61.2 Å². The number of hydrogen-bond acceptors (Lipinski definition) is 14. The molecule has 40 heavy (non-hydrogen) atoms. The van der Waals surface area contributed by atoms with Gasteiger partial charge < -0.3 is 64.5 Å². The highest BCUT2D eigenvalue weighted by Crippen LogP contribution is 2.42. The molecule has 0 aromatic heterocycles. The number of phenolic OH excluding ortho intramolecular Hbond substituents is 2. The van der Waals surface area contributed by atoms with Crippen molar-refractivity contribution in [2.75, 3.05) is 19.8 Å². The predicted molar refractivity (Wildman–Crippen MR) is 130 cm³/mol. The summed E-state index contributed by atoms with van der Waals surface area (Å²) in [5.41, 5.74) is -1.38. The highest BCUT2D eigenvalue weighted by atomic mass is 16.7. The summed E-state index contributed by atoms with van der Waals surface area (Å²) in [5.74, 6) is -0.891. The number of aliphatic hydroxyl groups is 6. The minimum absolute atomic E-state index is 0.00108. The molecule has 5 rings (SSSR count). The number of aromatic hydroxyl groups is 2. The van der Waals surface area contributed by atoms with Gasteiger partial charge in [0.25, 0.3) is 0 Å². The summed E-state index contributed by atoms with van der Waals surface area (Å²) in [5, 5.41) is 80.8. The summed E-state index contributed by atoms with van der Waals surface area (Å²) in [6.45, 7) is -1.66. The van der Waals surface area contributed by atoms with Crippen molar-refractivity contribution in [3.05, 3.63) is 47.5 Å². The molecular formula is C26H30O14. The number of carbonyl (C=O) groups is 1. The Bertz CT molecular complexity index is 1220. The number of hydrogen-bond donors (Lipinski definition) is 8. The molecule has 8 N–H and O–H groups in total. The maximum Gasteiger partial charge on any atom is 0.229 e. The third-order valence-corrected chi connectivity index (χ3v) is 7.16. The molecule has 0 saturated carbocycles. The molecular weight excluding hydrogens is 536 g/mol. The molecule has 9 atom stereocenters. The van der Waals surface area contributed by atoms with Crippen molar-refractivity contribution < 1.29 is 69.3 Å². The Labute approximate surface area is 227 Å². The monoisotopic (exact) mass is 566 g/mol. The second kappa shape index (κ2) is 11.1. The molecule has 14 nitrogen and oxygen atoms in total. The van der Waals surface area contributed by atoms with Gasteiger partial charge in [-0.05, 0) is 17.7 Å². The first-order chi connectivity index (χ1) is 19.0. The first kappa shape index (κ1) is 28.5. The molecule has 218 valence electrons. The van der Waals surface area contributed by atoms with E-state index in [1.165, 1.54) is 18.2 Å². The lowest BCUT2D eigenvalue weighted by Gasteiger charge is -2.40. The quantitative estimate of drug-likeness (QED) is 0.190. The molecule has 0 aliphatic carbocycles. The Balaban J connectivity index is 1.30. The molecule has 3 aliphatic rings. The third kappa shape index (κ3) is 5.33. The van der Waals surface area contributed by atoms with Crippen molar-refractivity contribution in [3.8, 4) is 23.0 Å². The second-order valence-corrected chi connectivity index (χ2v) is 9.99. The molecule has 2 aromatic carbocycles. The topological polar surface area (TPSA) is 225 Å². The molecule has 3 aliphatic heterocycles. The van der Waals surface area contributed by atoms with Gasteiger partial charge in [0, 0.05) is 12.1 Å². The van der Waals surface area contributed by atoms with Crippen LogP contribution in [-0.2, 0) is 14.2 Å². The lowest BCUT2D eigenvalue weighted by atomic mass is 9.95. The number of ether oxygens (including phenoxy) is 5. The lowest BCUT2D eigenvalue weighted by molar-refractivity contribution is -0.289. The van der Waals surface area contributed by atoms with E-state index in [9.17, 15) is 45.6 Å². The smallest absolute Gasteiger partial charge is 0.229 e. The summed E-state index contributed by atoms with van der Waals surface area (Å²) in [4.78, 5) is 12.8. The highest BCUT2D eigenvalue weighted by Gasteiger charge is 2.50. The van der Waals surface area contributed by atoms with Gasteiger partial charge in [0.05, 0.1) is 26.2 Å². The summed E-state index contributed by atoms with van der Waals surface area (Å²) in [6.07, 6.45) is -11.8. The van der Waals surface area contributed by atoms with Crippen molar-refractivity contribution in [2.24, 2.45) is 0 Å². The second-order valence-electron chi connectivity index (χ2n) is 9.99. The normalized spacial score (nSPS) is 35.7. The number of phenols is 2. The van der Waals surface area contributed by atoms with Gasteiger partial charge in [-0.2, -0.15) is 0 Å². The molecule has 14 heteroatoms. The van der Waals surface area contributed by atoms with Gasteiger partial charge in [-0.3, -0.25) is 4.79 Å². The number of Topliss-reactive ketones (excluding diaryl/α,β-unsaturated/α-hetero) is 1. The largest absolute Gasteiger partial charge is 0.508 e. The summed E-state index contributed by atoms with van der Waals surface area (Å²) in [7, 11) is 0. The Hall–Kier alpha value is -3.05. The van der Waals surface area contributed by atoms with Crippen LogP contribution in [0.5, 0.6) is 23.0 Å². The Morgan fingerprint density at radius 3 is 2.38 bits per heavy atom. The van der Waals surface area contributed by atoms with Crippen molar-refractivity contribution in [1.82, 2.24) is 0 Å². The van der Waals surface area contributed by atoms with Crippen LogP contribution in [0, 0.1) is 0 Å². The lowest BCUT2D eigenvalue weighted by Crippen LogP contribution is -2.60. The minimum atomic E-state index is -1.93. The number of fused-ring (bicyclic) bond motifs is 1. The summed E-state index contributed by atoms with van der Waals surface area (Å²) < 4.78 is 27.7. The highest BCUT2D eigenvalue weighted by molar-refractivity contribution is 6.02. The van der Waals surface area contributed by atoms with E-state index in [4.69, 9.17) is 23.7 Å². The van der Waals surface area contributed by atoms with Crippen molar-refractivity contribution >= 4 is 5.78 Å². The first-order valence-electron chi connectivity index (χ1n) is 12.5. The van der Waals surface area contributed by atoms with Crippen LogP contribution in [0.3, 0.4) is 0 Å². The van der Waals surface area contributed by atoms with Crippen molar-refractivity contribution in [1.29, 1.82) is 0 Å². The van der Waals surface area contributed by atoms with Crippen LogP contribution in [-0.4, -0.2) is 115 Å². The number of ketones is 1. The van der Waals surface area contributed by atoms with Crippen LogP contribution in [0.1, 0.15) is 28.4 Å². The standard InChI is InChI=1S/C26H30O14/c27-9-26(35)10-37-25(23(26)34)36-8-18-20(31)21(32)22(33)24(40-18)38-13-5-14(29)19-15(30)7-16(39-17(19)6-13)11-1-3-12(28)4-2-11/h1-6,16,18,20-25,27-29,31-35H,7-10H2/t16-,18+,20+,21-,22+,23-,24+,25-,26+/m0/s1. The maximum absolute atomic E-state index is 12.8. The molecule has 3 heterocycles. The number of rotatable bonds is 7. The zero-order valence-corrected chi connectivity index (χ0v) is 20.9. The van der Waals surface area contributed by atoms with Crippen LogP contribution < -0.4 is 9.47 Å². The SMILES string of the molecule is O=C1C[C@@H](c2ccc(O)cc2)Oc2cc(O[C@@H]3O[C@H](CO[C@H]4OC[C@](O)(CO)[C@H]4O)[C@@H](O)[C@H](O)[C@H]3O)cc(O)c21. The van der Waals surface area contributed by atoms with Gasteiger partial charge >= 0.3 is 0 Å². The van der Waals surface area contributed by atoms with E-state index in [0.29, 0.717) is 5.56 Å². The van der Waals surface area contributed by atoms with Gasteiger partial charge in [-0.25, -0.2) is 0 Å². The fourth-order valence-corrected chi connectivity index (χ4v) is 4.77. The number of benzene rings is 2. The Morgan fingerprint density at radius 1 is 0.975 bits per heavy atom. The van der Waals surface area contributed by atoms with E-state index in [0.717, 1.165) is 6.07 Å². The van der Waals surface area contributed by atoms with Crippen LogP contribution in [0.15, 0.2) is 36.4 Å². The fourth-order valence-electron chi connectivity index (χ4n) is 4.77. The number of carbonyl (C=O) groups excluding carboxylic acids is 1. The van der Waals surface area contributed by atoms with Crippen molar-refractivity contribution in [3.63, 3.8) is 0 Å².